The minimum atomic E-state index is -1.19. The van der Waals surface area contributed by atoms with E-state index in [9.17, 15) is 14.7 Å². The summed E-state index contributed by atoms with van der Waals surface area (Å²) in [5.41, 5.74) is 1.55. The molecule has 0 saturated carbocycles. The van der Waals surface area contributed by atoms with E-state index in [-0.39, 0.29) is 13.0 Å². The molecule has 0 aliphatic heterocycles. The molecule has 5 heteroatoms. The number of nitrogens with zero attached hydrogens (tertiary/aromatic N) is 1. The molecule has 1 unspecified atom stereocenters. The van der Waals surface area contributed by atoms with Crippen LogP contribution in [0.2, 0.25) is 0 Å². The molecule has 0 radical (unpaired) electrons. The molecule has 0 heterocycles. The van der Waals surface area contributed by atoms with Crippen LogP contribution in [0.4, 0.5) is 4.79 Å². The highest BCUT2D eigenvalue weighted by atomic mass is 16.6. The van der Waals surface area contributed by atoms with Gasteiger partial charge in [-0.1, -0.05) is 67.1 Å². The summed E-state index contributed by atoms with van der Waals surface area (Å²) in [7, 11) is 0. The number of amides is 1. The maximum absolute atomic E-state index is 12.2. The Balaban J connectivity index is 2.06. The smallest absolute Gasteiger partial charge is 0.422 e. The van der Waals surface area contributed by atoms with Crippen LogP contribution < -0.4 is 0 Å². The zero-order chi connectivity index (χ0) is 17.4. The number of rotatable bonds is 6. The van der Waals surface area contributed by atoms with Crippen LogP contribution in [0.15, 0.2) is 60.7 Å². The third-order valence-corrected chi connectivity index (χ3v) is 3.41. The van der Waals surface area contributed by atoms with Gasteiger partial charge < -0.3 is 9.84 Å². The fourth-order valence-electron chi connectivity index (χ4n) is 2.19. The Morgan fingerprint density at radius 2 is 1.58 bits per heavy atom. The van der Waals surface area contributed by atoms with Crippen LogP contribution in [-0.2, 0) is 22.6 Å². The number of hydrogen-bond acceptors (Lipinski definition) is 3. The molecule has 2 aromatic rings. The van der Waals surface area contributed by atoms with Crippen LogP contribution in [-0.4, -0.2) is 28.1 Å². The number of benzene rings is 2. The number of carbonyl (C=O) groups excluding carboxylic acids is 1. The molecule has 2 rings (SSSR count). The highest BCUT2D eigenvalue weighted by molar-refractivity contribution is 5.81. The monoisotopic (exact) mass is 323 g/mol. The Morgan fingerprint density at radius 3 is 2.08 bits per heavy atom. The van der Waals surface area contributed by atoms with Gasteiger partial charge in [-0.25, -0.2) is 14.5 Å². The number of carbonyl (C=O) groups is 2. The third kappa shape index (κ3) is 4.62. The fourth-order valence-corrected chi connectivity index (χ4v) is 2.19. The van der Waals surface area contributed by atoms with Crippen molar-refractivity contribution in [3.63, 3.8) is 0 Å². The van der Waals surface area contributed by atoms with E-state index in [0.717, 1.165) is 16.0 Å². The first-order valence-corrected chi connectivity index (χ1v) is 7.34. The van der Waals surface area contributed by atoms with Crippen LogP contribution >= 0.6 is 0 Å². The Morgan fingerprint density at radius 1 is 1.04 bits per heavy atom. The van der Waals surface area contributed by atoms with E-state index in [4.69, 9.17) is 11.2 Å². The first-order chi connectivity index (χ1) is 11.6. The Labute approximate surface area is 140 Å². The van der Waals surface area contributed by atoms with Crippen molar-refractivity contribution < 1.29 is 19.4 Å². The molecular weight excluding hydrogens is 306 g/mol. The van der Waals surface area contributed by atoms with E-state index in [0.29, 0.717) is 0 Å². The SMILES string of the molecule is C#CN(C(=O)OCc1ccccc1)C(Cc1ccccc1)C(=O)O. The van der Waals surface area contributed by atoms with Crippen LogP contribution in [0, 0.1) is 12.5 Å². The lowest BCUT2D eigenvalue weighted by Crippen LogP contribution is -2.43. The van der Waals surface area contributed by atoms with Crippen molar-refractivity contribution in [1.82, 2.24) is 4.90 Å². The normalized spacial score (nSPS) is 11.1. The van der Waals surface area contributed by atoms with Gasteiger partial charge in [0.2, 0.25) is 0 Å². The van der Waals surface area contributed by atoms with Gasteiger partial charge in [-0.05, 0) is 11.1 Å². The Kier molecular flexibility index (Phi) is 5.98. The zero-order valence-corrected chi connectivity index (χ0v) is 13.0. The molecular formula is C19H17NO4. The second-order valence-electron chi connectivity index (χ2n) is 5.08. The van der Waals surface area contributed by atoms with Crippen LogP contribution in [0.3, 0.4) is 0 Å². The third-order valence-electron chi connectivity index (χ3n) is 3.41. The summed E-state index contributed by atoms with van der Waals surface area (Å²) in [6.45, 7) is 0.0233. The molecule has 0 aliphatic carbocycles. The number of aliphatic carboxylic acids is 1. The van der Waals surface area contributed by atoms with Crippen molar-refractivity contribution in [2.75, 3.05) is 0 Å². The van der Waals surface area contributed by atoms with Gasteiger partial charge in [-0.3, -0.25) is 0 Å². The van der Waals surface area contributed by atoms with Gasteiger partial charge >= 0.3 is 12.1 Å². The van der Waals surface area contributed by atoms with E-state index >= 15 is 0 Å². The molecule has 5 nitrogen and oxygen atoms in total. The van der Waals surface area contributed by atoms with Crippen LogP contribution in [0.1, 0.15) is 11.1 Å². The summed E-state index contributed by atoms with van der Waals surface area (Å²) >= 11 is 0. The standard InChI is InChI=1S/C19H17NO4/c1-2-20(19(23)24-14-16-11-7-4-8-12-16)17(18(21)22)13-15-9-5-3-6-10-15/h1,3-12,17H,13-14H2,(H,21,22). The van der Waals surface area contributed by atoms with Crippen molar-refractivity contribution >= 4 is 12.1 Å². The molecule has 24 heavy (non-hydrogen) atoms. The van der Waals surface area contributed by atoms with Crippen molar-refractivity contribution in [1.29, 1.82) is 0 Å². The fraction of sp³-hybridized carbons (Fsp3) is 0.158. The van der Waals surface area contributed by atoms with E-state index in [2.05, 4.69) is 6.04 Å². The van der Waals surface area contributed by atoms with E-state index in [1.807, 2.05) is 24.3 Å². The summed E-state index contributed by atoms with van der Waals surface area (Å²) in [6.07, 6.45) is 4.59. The van der Waals surface area contributed by atoms with Gasteiger partial charge in [0.05, 0.1) is 0 Å². The summed E-state index contributed by atoms with van der Waals surface area (Å²) < 4.78 is 5.13. The minimum Gasteiger partial charge on any atom is -0.480 e. The maximum Gasteiger partial charge on any atom is 0.422 e. The molecule has 0 fully saturated rings. The highest BCUT2D eigenvalue weighted by Gasteiger charge is 2.30. The molecule has 0 aliphatic rings. The lowest BCUT2D eigenvalue weighted by molar-refractivity contribution is -0.141. The second-order valence-corrected chi connectivity index (χ2v) is 5.08. The summed E-state index contributed by atoms with van der Waals surface area (Å²) in [6, 6.07) is 19.0. The maximum atomic E-state index is 12.2. The van der Waals surface area contributed by atoms with E-state index in [1.165, 1.54) is 0 Å². The first kappa shape index (κ1) is 17.1. The van der Waals surface area contributed by atoms with Gasteiger partial charge in [-0.2, -0.15) is 0 Å². The second kappa shape index (κ2) is 8.39. The van der Waals surface area contributed by atoms with Gasteiger partial charge in [0.25, 0.3) is 0 Å². The van der Waals surface area contributed by atoms with Gasteiger partial charge in [-0.15, -0.1) is 0 Å². The number of ether oxygens (including phenoxy) is 1. The van der Waals surface area contributed by atoms with Gasteiger partial charge in [0.15, 0.2) is 0 Å². The lowest BCUT2D eigenvalue weighted by Gasteiger charge is -2.22. The molecule has 2 aromatic carbocycles. The van der Waals surface area contributed by atoms with Crippen LogP contribution in [0.25, 0.3) is 0 Å². The number of terminal acetylenes is 1. The predicted octanol–water partition coefficient (Wildman–Crippen LogP) is 2.91. The quantitative estimate of drug-likeness (QED) is 0.656. The summed E-state index contributed by atoms with van der Waals surface area (Å²) in [5.74, 6) is -1.19. The average Bonchev–Trinajstić information content (AvgIpc) is 2.61. The number of hydrogen-bond donors (Lipinski definition) is 1. The average molecular weight is 323 g/mol. The molecule has 0 spiro atoms. The molecule has 1 atom stereocenters. The molecule has 0 saturated heterocycles. The molecule has 122 valence electrons. The molecule has 1 N–H and O–H groups in total. The largest absolute Gasteiger partial charge is 0.480 e. The van der Waals surface area contributed by atoms with Gasteiger partial charge in [0, 0.05) is 12.5 Å². The summed E-state index contributed by atoms with van der Waals surface area (Å²) in [4.78, 5) is 24.5. The lowest BCUT2D eigenvalue weighted by atomic mass is 10.1. The van der Waals surface area contributed by atoms with E-state index in [1.54, 1.807) is 36.4 Å². The zero-order valence-electron chi connectivity index (χ0n) is 13.0. The number of carboxylic acid groups (broad SMARTS) is 1. The van der Waals surface area contributed by atoms with E-state index < -0.39 is 18.1 Å². The van der Waals surface area contributed by atoms with Crippen molar-refractivity contribution in [2.45, 2.75) is 19.1 Å². The van der Waals surface area contributed by atoms with Crippen molar-refractivity contribution in [2.24, 2.45) is 0 Å². The first-order valence-electron chi connectivity index (χ1n) is 7.34. The topological polar surface area (TPSA) is 66.8 Å². The highest BCUT2D eigenvalue weighted by Crippen LogP contribution is 2.12. The molecule has 0 aromatic heterocycles. The van der Waals surface area contributed by atoms with Crippen molar-refractivity contribution in [3.05, 3.63) is 71.8 Å². The molecule has 1 amide bonds. The molecule has 0 bridgehead atoms. The van der Waals surface area contributed by atoms with Gasteiger partial charge in [0.1, 0.15) is 12.6 Å². The van der Waals surface area contributed by atoms with Crippen molar-refractivity contribution in [3.8, 4) is 12.5 Å². The predicted molar refractivity (Wildman–Crippen MR) is 88.9 cm³/mol. The van der Waals surface area contributed by atoms with Crippen LogP contribution in [0.5, 0.6) is 0 Å². The number of carboxylic acids is 1. The Hall–Kier alpha value is -3.26. The minimum absolute atomic E-state index is 0.0233. The summed E-state index contributed by atoms with van der Waals surface area (Å²) in [5, 5.41) is 9.43. The Bertz CT molecular complexity index is 722.